The summed E-state index contributed by atoms with van der Waals surface area (Å²) in [6.07, 6.45) is 0.0992. The molecule has 33 heavy (non-hydrogen) atoms. The van der Waals surface area contributed by atoms with Crippen LogP contribution in [0.1, 0.15) is 40.4 Å². The fourth-order valence-corrected chi connectivity index (χ4v) is 4.30. The van der Waals surface area contributed by atoms with Crippen LogP contribution in [0, 0.1) is 5.92 Å². The summed E-state index contributed by atoms with van der Waals surface area (Å²) in [6, 6.07) is 39.0. The molecule has 0 spiro atoms. The van der Waals surface area contributed by atoms with E-state index in [1.54, 1.807) is 12.1 Å². The van der Waals surface area contributed by atoms with E-state index in [0.717, 1.165) is 16.7 Å². The van der Waals surface area contributed by atoms with Crippen LogP contribution in [-0.4, -0.2) is 11.7 Å². The average molecular weight is 434 g/mol. The Morgan fingerprint density at radius 3 is 1.39 bits per heavy atom. The Bertz CT molecular complexity index is 1090. The summed E-state index contributed by atoms with van der Waals surface area (Å²) in [7, 11) is 0. The third-order valence-electron chi connectivity index (χ3n) is 5.94. The van der Waals surface area contributed by atoms with Crippen molar-refractivity contribution in [2.24, 2.45) is 5.92 Å². The van der Waals surface area contributed by atoms with Gasteiger partial charge in [-0.2, -0.15) is 0 Å². The van der Waals surface area contributed by atoms with E-state index in [1.807, 2.05) is 116 Å². The quantitative estimate of drug-likeness (QED) is 0.273. The first-order chi connectivity index (χ1) is 16.1. The zero-order valence-electron chi connectivity index (χ0n) is 18.6. The van der Waals surface area contributed by atoms with Crippen LogP contribution >= 0.6 is 0 Å². The first kappa shape index (κ1) is 22.2. The molecule has 0 unspecified atom stereocenters. The molecule has 4 rings (SSSR count). The SMILES string of the molecule is C[C@H](CC(=O)NC(c1ccccc1)(c1ccccc1)c1ccccc1)C(=O)c1ccccc1. The van der Waals surface area contributed by atoms with Gasteiger partial charge in [0, 0.05) is 17.9 Å². The summed E-state index contributed by atoms with van der Waals surface area (Å²) >= 11 is 0. The molecule has 4 aromatic rings. The number of hydrogen-bond donors (Lipinski definition) is 1. The Morgan fingerprint density at radius 1 is 0.636 bits per heavy atom. The van der Waals surface area contributed by atoms with Gasteiger partial charge in [0.25, 0.3) is 0 Å². The topological polar surface area (TPSA) is 46.2 Å². The summed E-state index contributed by atoms with van der Waals surface area (Å²) in [4.78, 5) is 26.3. The molecule has 3 nitrogen and oxygen atoms in total. The number of ketones is 1. The summed E-state index contributed by atoms with van der Waals surface area (Å²) in [5.74, 6) is -0.647. The number of rotatable bonds is 8. The third-order valence-corrected chi connectivity index (χ3v) is 5.94. The molecular weight excluding hydrogens is 406 g/mol. The highest BCUT2D eigenvalue weighted by Crippen LogP contribution is 2.37. The summed E-state index contributed by atoms with van der Waals surface area (Å²) in [5, 5.41) is 3.33. The lowest BCUT2D eigenvalue weighted by Crippen LogP contribution is -2.48. The van der Waals surface area contributed by atoms with E-state index in [9.17, 15) is 9.59 Å². The fraction of sp³-hybridized carbons (Fsp3) is 0.133. The van der Waals surface area contributed by atoms with Crippen LogP contribution in [0.4, 0.5) is 0 Å². The molecule has 0 radical (unpaired) electrons. The van der Waals surface area contributed by atoms with Gasteiger partial charge in [-0.1, -0.05) is 128 Å². The van der Waals surface area contributed by atoms with E-state index < -0.39 is 11.5 Å². The van der Waals surface area contributed by atoms with Gasteiger partial charge in [0.05, 0.1) is 0 Å². The predicted octanol–water partition coefficient (Wildman–Crippen LogP) is 6.00. The van der Waals surface area contributed by atoms with Gasteiger partial charge in [-0.3, -0.25) is 9.59 Å². The Hall–Kier alpha value is -3.98. The van der Waals surface area contributed by atoms with E-state index in [4.69, 9.17) is 0 Å². The van der Waals surface area contributed by atoms with Crippen LogP contribution in [-0.2, 0) is 10.3 Å². The largest absolute Gasteiger partial charge is 0.338 e. The fourth-order valence-electron chi connectivity index (χ4n) is 4.30. The third kappa shape index (κ3) is 4.78. The van der Waals surface area contributed by atoms with Crippen LogP contribution < -0.4 is 5.32 Å². The molecule has 4 aromatic carbocycles. The van der Waals surface area contributed by atoms with Gasteiger partial charge in [-0.25, -0.2) is 0 Å². The summed E-state index contributed by atoms with van der Waals surface area (Å²) in [6.45, 7) is 1.81. The molecule has 0 aliphatic carbocycles. The maximum atomic E-state index is 13.5. The van der Waals surface area contributed by atoms with Crippen molar-refractivity contribution in [3.8, 4) is 0 Å². The molecule has 1 N–H and O–H groups in total. The molecule has 0 heterocycles. The zero-order valence-corrected chi connectivity index (χ0v) is 18.6. The summed E-state index contributed by atoms with van der Waals surface area (Å²) in [5.41, 5.74) is 2.61. The number of amides is 1. The molecule has 1 atom stereocenters. The number of hydrogen-bond acceptors (Lipinski definition) is 2. The first-order valence-electron chi connectivity index (χ1n) is 11.2. The van der Waals surface area contributed by atoms with E-state index in [2.05, 4.69) is 5.32 Å². The molecule has 0 fully saturated rings. The number of Topliss-reactive ketones (excluding diaryl/α,β-unsaturated/α-hetero) is 1. The Kier molecular flexibility index (Phi) is 6.80. The number of nitrogens with one attached hydrogen (secondary N) is 1. The van der Waals surface area contributed by atoms with Crippen molar-refractivity contribution in [1.29, 1.82) is 0 Å². The molecule has 0 saturated heterocycles. The molecule has 0 aliphatic heterocycles. The number of benzene rings is 4. The van der Waals surface area contributed by atoms with Gasteiger partial charge in [0.1, 0.15) is 5.54 Å². The maximum absolute atomic E-state index is 13.5. The van der Waals surface area contributed by atoms with Gasteiger partial charge in [0.15, 0.2) is 5.78 Å². The molecular formula is C30H27NO2. The van der Waals surface area contributed by atoms with Crippen molar-refractivity contribution in [2.45, 2.75) is 18.9 Å². The molecule has 1 amide bonds. The number of carbonyl (C=O) groups is 2. The Morgan fingerprint density at radius 2 is 1.00 bits per heavy atom. The highest BCUT2D eigenvalue weighted by molar-refractivity contribution is 5.99. The minimum Gasteiger partial charge on any atom is -0.338 e. The van der Waals surface area contributed by atoms with Crippen molar-refractivity contribution < 1.29 is 9.59 Å². The lowest BCUT2D eigenvalue weighted by Gasteiger charge is -2.37. The molecule has 0 saturated carbocycles. The standard InChI is InChI=1S/C30H27NO2/c1-23(29(33)24-14-6-2-7-15-24)22-28(32)31-30(25-16-8-3-9-17-25,26-18-10-4-11-19-26)27-20-12-5-13-21-27/h2-21,23H,22H2,1H3,(H,31,32)/t23-/m1/s1. The normalized spacial score (nSPS) is 12.0. The van der Waals surface area contributed by atoms with Crippen LogP contribution in [0.5, 0.6) is 0 Å². The first-order valence-corrected chi connectivity index (χ1v) is 11.2. The Balaban J connectivity index is 1.72. The highest BCUT2D eigenvalue weighted by Gasteiger charge is 2.38. The second-order valence-electron chi connectivity index (χ2n) is 8.23. The maximum Gasteiger partial charge on any atom is 0.221 e. The minimum atomic E-state index is -0.879. The predicted molar refractivity (Wildman–Crippen MR) is 132 cm³/mol. The van der Waals surface area contributed by atoms with E-state index in [1.165, 1.54) is 0 Å². The van der Waals surface area contributed by atoms with Crippen molar-refractivity contribution in [3.63, 3.8) is 0 Å². The lowest BCUT2D eigenvalue weighted by atomic mass is 9.76. The molecule has 0 aliphatic rings. The zero-order chi connectivity index (χ0) is 23.1. The van der Waals surface area contributed by atoms with Gasteiger partial charge in [-0.15, -0.1) is 0 Å². The van der Waals surface area contributed by atoms with Gasteiger partial charge < -0.3 is 5.32 Å². The van der Waals surface area contributed by atoms with Crippen molar-refractivity contribution >= 4 is 11.7 Å². The number of carbonyl (C=O) groups excluding carboxylic acids is 2. The van der Waals surface area contributed by atoms with Crippen molar-refractivity contribution in [3.05, 3.63) is 144 Å². The minimum absolute atomic E-state index is 0.0320. The van der Waals surface area contributed by atoms with E-state index in [0.29, 0.717) is 5.56 Å². The van der Waals surface area contributed by atoms with Crippen LogP contribution in [0.2, 0.25) is 0 Å². The van der Waals surface area contributed by atoms with Crippen LogP contribution in [0.25, 0.3) is 0 Å². The second kappa shape index (κ2) is 10.1. The molecule has 164 valence electrons. The average Bonchev–Trinajstić information content (AvgIpc) is 2.89. The monoisotopic (exact) mass is 433 g/mol. The smallest absolute Gasteiger partial charge is 0.221 e. The van der Waals surface area contributed by atoms with Crippen molar-refractivity contribution in [2.75, 3.05) is 0 Å². The molecule has 3 heteroatoms. The Labute approximate surface area is 195 Å². The van der Waals surface area contributed by atoms with Crippen LogP contribution in [0.3, 0.4) is 0 Å². The highest BCUT2D eigenvalue weighted by atomic mass is 16.2. The van der Waals surface area contributed by atoms with E-state index >= 15 is 0 Å². The molecule has 0 bridgehead atoms. The van der Waals surface area contributed by atoms with Gasteiger partial charge in [0.2, 0.25) is 5.91 Å². The van der Waals surface area contributed by atoms with Crippen LogP contribution in [0.15, 0.2) is 121 Å². The van der Waals surface area contributed by atoms with Gasteiger partial charge in [-0.05, 0) is 16.7 Å². The lowest BCUT2D eigenvalue weighted by molar-refractivity contribution is -0.122. The second-order valence-corrected chi connectivity index (χ2v) is 8.23. The molecule has 0 aromatic heterocycles. The van der Waals surface area contributed by atoms with E-state index in [-0.39, 0.29) is 18.1 Å². The van der Waals surface area contributed by atoms with Crippen molar-refractivity contribution in [1.82, 2.24) is 5.32 Å². The summed E-state index contributed by atoms with van der Waals surface area (Å²) < 4.78 is 0. The van der Waals surface area contributed by atoms with Gasteiger partial charge >= 0.3 is 0 Å².